The lowest BCUT2D eigenvalue weighted by atomic mass is 9.80. The fourth-order valence-electron chi connectivity index (χ4n) is 3.35. The van der Waals surface area contributed by atoms with Gasteiger partial charge in [0.05, 0.1) is 18.4 Å². The minimum atomic E-state index is -0.389. The highest BCUT2D eigenvalue weighted by Crippen LogP contribution is 2.41. The van der Waals surface area contributed by atoms with E-state index in [9.17, 15) is 9.59 Å². The predicted molar refractivity (Wildman–Crippen MR) is 86.4 cm³/mol. The van der Waals surface area contributed by atoms with Crippen LogP contribution in [0.2, 0.25) is 0 Å². The van der Waals surface area contributed by atoms with Crippen LogP contribution in [-0.4, -0.2) is 13.1 Å². The molecule has 1 heterocycles. The minimum absolute atomic E-state index is 0.279. The van der Waals surface area contributed by atoms with Gasteiger partial charge in [0.1, 0.15) is 5.76 Å². The van der Waals surface area contributed by atoms with E-state index in [-0.39, 0.29) is 17.5 Å². The molecule has 0 amide bonds. The summed E-state index contributed by atoms with van der Waals surface area (Å²) < 4.78 is 10.6. The molecule has 1 aliphatic carbocycles. The second kappa shape index (κ2) is 5.09. The van der Waals surface area contributed by atoms with Gasteiger partial charge in [-0.25, -0.2) is 4.79 Å². The SMILES string of the molecule is COC(=O)C1Cc2c(oc(=O)c3ccccc23)-c2ccccc21. The second-order valence-electron chi connectivity index (χ2n) is 5.61. The van der Waals surface area contributed by atoms with Crippen molar-refractivity contribution >= 4 is 16.7 Å². The van der Waals surface area contributed by atoms with E-state index in [0.29, 0.717) is 17.6 Å². The van der Waals surface area contributed by atoms with Gasteiger partial charge in [-0.3, -0.25) is 4.79 Å². The summed E-state index contributed by atoms with van der Waals surface area (Å²) in [5, 5.41) is 1.37. The van der Waals surface area contributed by atoms with Gasteiger partial charge in [-0.1, -0.05) is 42.5 Å². The lowest BCUT2D eigenvalue weighted by Crippen LogP contribution is -2.22. The first-order chi connectivity index (χ1) is 11.2. The van der Waals surface area contributed by atoms with E-state index >= 15 is 0 Å². The van der Waals surface area contributed by atoms with Gasteiger partial charge < -0.3 is 9.15 Å². The highest BCUT2D eigenvalue weighted by molar-refractivity contribution is 5.93. The van der Waals surface area contributed by atoms with Crippen molar-refractivity contribution in [2.24, 2.45) is 0 Å². The van der Waals surface area contributed by atoms with E-state index < -0.39 is 0 Å². The van der Waals surface area contributed by atoms with Gasteiger partial charge in [-0.15, -0.1) is 0 Å². The fourth-order valence-corrected chi connectivity index (χ4v) is 3.35. The summed E-state index contributed by atoms with van der Waals surface area (Å²) in [5.74, 6) is -0.109. The van der Waals surface area contributed by atoms with Crippen molar-refractivity contribution in [2.75, 3.05) is 7.11 Å². The molecule has 1 atom stereocenters. The largest absolute Gasteiger partial charge is 0.469 e. The molecule has 4 rings (SSSR count). The summed E-state index contributed by atoms with van der Waals surface area (Å²) in [5.41, 5.74) is 2.15. The third kappa shape index (κ3) is 1.99. The van der Waals surface area contributed by atoms with Gasteiger partial charge in [0.25, 0.3) is 0 Å². The van der Waals surface area contributed by atoms with Crippen molar-refractivity contribution in [3.8, 4) is 11.3 Å². The molecule has 2 aromatic carbocycles. The Kier molecular flexibility index (Phi) is 3.05. The van der Waals surface area contributed by atoms with E-state index in [1.54, 1.807) is 12.1 Å². The first kappa shape index (κ1) is 13.8. The monoisotopic (exact) mass is 306 g/mol. The molecule has 0 fully saturated rings. The van der Waals surface area contributed by atoms with Crippen molar-refractivity contribution in [1.29, 1.82) is 0 Å². The van der Waals surface area contributed by atoms with Gasteiger partial charge in [0, 0.05) is 11.1 Å². The number of carbonyl (C=O) groups excluding carboxylic acids is 1. The maximum Gasteiger partial charge on any atom is 0.344 e. The topological polar surface area (TPSA) is 56.5 Å². The second-order valence-corrected chi connectivity index (χ2v) is 5.61. The molecule has 3 aromatic rings. The van der Waals surface area contributed by atoms with Crippen LogP contribution in [0, 0.1) is 0 Å². The van der Waals surface area contributed by atoms with Crippen LogP contribution >= 0.6 is 0 Å². The van der Waals surface area contributed by atoms with E-state index in [4.69, 9.17) is 9.15 Å². The van der Waals surface area contributed by atoms with Gasteiger partial charge in [-0.2, -0.15) is 0 Å². The average Bonchev–Trinajstić information content (AvgIpc) is 2.61. The molecule has 0 saturated carbocycles. The molecule has 0 bridgehead atoms. The Hall–Kier alpha value is -2.88. The molecular formula is C19H14O4. The highest BCUT2D eigenvalue weighted by Gasteiger charge is 2.33. The first-order valence-corrected chi connectivity index (χ1v) is 7.42. The Morgan fingerprint density at radius 3 is 2.57 bits per heavy atom. The Balaban J connectivity index is 2.08. The molecule has 0 radical (unpaired) electrons. The Morgan fingerprint density at radius 2 is 1.78 bits per heavy atom. The number of ether oxygens (including phenoxy) is 1. The van der Waals surface area contributed by atoms with Crippen LogP contribution in [-0.2, 0) is 16.0 Å². The smallest absolute Gasteiger partial charge is 0.344 e. The molecule has 0 N–H and O–H groups in total. The van der Waals surface area contributed by atoms with Crippen LogP contribution in [0.15, 0.2) is 57.7 Å². The molecule has 4 nitrogen and oxygen atoms in total. The Bertz CT molecular complexity index is 984. The van der Waals surface area contributed by atoms with Crippen molar-refractivity contribution in [3.63, 3.8) is 0 Å². The van der Waals surface area contributed by atoms with E-state index in [1.165, 1.54) is 7.11 Å². The number of esters is 1. The predicted octanol–water partition coefficient (Wildman–Crippen LogP) is 3.27. The molecule has 23 heavy (non-hydrogen) atoms. The fraction of sp³-hybridized carbons (Fsp3) is 0.158. The van der Waals surface area contributed by atoms with Crippen LogP contribution in [0.25, 0.3) is 22.1 Å². The Labute approximate surface area is 132 Å². The van der Waals surface area contributed by atoms with Crippen molar-refractivity contribution in [2.45, 2.75) is 12.3 Å². The van der Waals surface area contributed by atoms with Crippen LogP contribution in [0.3, 0.4) is 0 Å². The molecule has 1 aromatic heterocycles. The number of methoxy groups -OCH3 is 1. The Morgan fingerprint density at radius 1 is 1.09 bits per heavy atom. The van der Waals surface area contributed by atoms with E-state index in [1.807, 2.05) is 36.4 Å². The maximum atomic E-state index is 12.3. The zero-order valence-electron chi connectivity index (χ0n) is 12.5. The van der Waals surface area contributed by atoms with Crippen LogP contribution in [0.5, 0.6) is 0 Å². The molecule has 1 unspecified atom stereocenters. The molecule has 0 aliphatic heterocycles. The summed E-state index contributed by atoms with van der Waals surface area (Å²) in [4.78, 5) is 24.5. The number of fused-ring (bicyclic) bond motifs is 5. The summed E-state index contributed by atoms with van der Waals surface area (Å²) in [7, 11) is 1.39. The molecule has 4 heteroatoms. The lowest BCUT2D eigenvalue weighted by molar-refractivity contribution is -0.142. The van der Waals surface area contributed by atoms with Gasteiger partial charge in [0.2, 0.25) is 0 Å². The number of hydrogen-bond donors (Lipinski definition) is 0. The molecule has 1 aliphatic rings. The summed E-state index contributed by atoms with van der Waals surface area (Å²) in [6.45, 7) is 0. The van der Waals surface area contributed by atoms with Crippen LogP contribution < -0.4 is 5.63 Å². The maximum absolute atomic E-state index is 12.3. The van der Waals surface area contributed by atoms with Gasteiger partial charge in [-0.05, 0) is 23.4 Å². The van der Waals surface area contributed by atoms with Crippen LogP contribution in [0.4, 0.5) is 0 Å². The number of rotatable bonds is 1. The van der Waals surface area contributed by atoms with Gasteiger partial charge in [0.15, 0.2) is 0 Å². The molecule has 0 saturated heterocycles. The molecular weight excluding hydrogens is 292 g/mol. The number of hydrogen-bond acceptors (Lipinski definition) is 4. The lowest BCUT2D eigenvalue weighted by Gasteiger charge is -2.25. The van der Waals surface area contributed by atoms with Crippen molar-refractivity contribution < 1.29 is 13.9 Å². The third-order valence-corrected chi connectivity index (χ3v) is 4.42. The van der Waals surface area contributed by atoms with Crippen LogP contribution in [0.1, 0.15) is 17.0 Å². The zero-order valence-corrected chi connectivity index (χ0v) is 12.5. The molecule has 114 valence electrons. The number of benzene rings is 2. The third-order valence-electron chi connectivity index (χ3n) is 4.42. The van der Waals surface area contributed by atoms with E-state index in [0.717, 1.165) is 22.1 Å². The minimum Gasteiger partial charge on any atom is -0.469 e. The quantitative estimate of drug-likeness (QED) is 0.647. The number of carbonyl (C=O) groups is 1. The average molecular weight is 306 g/mol. The van der Waals surface area contributed by atoms with Crippen molar-refractivity contribution in [1.82, 2.24) is 0 Å². The summed E-state index contributed by atoms with van der Waals surface area (Å²) >= 11 is 0. The first-order valence-electron chi connectivity index (χ1n) is 7.42. The van der Waals surface area contributed by atoms with Gasteiger partial charge >= 0.3 is 11.6 Å². The zero-order chi connectivity index (χ0) is 16.0. The standard InChI is InChI=1S/C19H14O4/c1-22-18(20)16-10-15-12-7-3-5-9-14(12)19(21)23-17(15)13-8-4-2-6-11(13)16/h2-9,16H,10H2,1H3. The molecule has 0 spiro atoms. The summed E-state index contributed by atoms with van der Waals surface area (Å²) in [6, 6.07) is 14.8. The normalized spacial score (nSPS) is 15.8. The van der Waals surface area contributed by atoms with E-state index in [2.05, 4.69) is 0 Å². The highest BCUT2D eigenvalue weighted by atomic mass is 16.5. The summed E-state index contributed by atoms with van der Waals surface area (Å²) in [6.07, 6.45) is 0.462. The van der Waals surface area contributed by atoms with Crippen molar-refractivity contribution in [3.05, 3.63) is 70.1 Å².